The molecule has 1 aromatic heterocycles. The van der Waals surface area contributed by atoms with Gasteiger partial charge in [0.25, 0.3) is 5.91 Å². The van der Waals surface area contributed by atoms with Gasteiger partial charge in [-0.05, 0) is 49.3 Å². The highest BCUT2D eigenvalue weighted by atomic mass is 19.3. The molecule has 1 amide bonds. The predicted octanol–water partition coefficient (Wildman–Crippen LogP) is 3.13. The number of benzene rings is 1. The Kier molecular flexibility index (Phi) is 7.00. The lowest BCUT2D eigenvalue weighted by Gasteiger charge is -2.34. The molecule has 11 heteroatoms. The van der Waals surface area contributed by atoms with Crippen molar-refractivity contribution in [2.45, 2.75) is 19.5 Å². The van der Waals surface area contributed by atoms with Crippen molar-refractivity contribution in [1.82, 2.24) is 20.7 Å². The smallest absolute Gasteiger partial charge is 0.387 e. The molecule has 2 aliphatic rings. The Labute approximate surface area is 195 Å². The predicted molar refractivity (Wildman–Crippen MR) is 119 cm³/mol. The molecule has 34 heavy (non-hydrogen) atoms. The largest absolute Gasteiger partial charge is 0.493 e. The zero-order valence-corrected chi connectivity index (χ0v) is 18.5. The number of likely N-dealkylation sites (tertiary alicyclic amines) is 1. The van der Waals surface area contributed by atoms with E-state index in [0.29, 0.717) is 36.3 Å². The fourth-order valence-corrected chi connectivity index (χ4v) is 3.79. The van der Waals surface area contributed by atoms with Crippen LogP contribution >= 0.6 is 0 Å². The number of nitrogens with one attached hydrogen (secondary N) is 2. The van der Waals surface area contributed by atoms with Crippen molar-refractivity contribution in [2.75, 3.05) is 20.2 Å². The molecule has 0 spiro atoms. The van der Waals surface area contributed by atoms with Gasteiger partial charge in [-0.1, -0.05) is 0 Å². The fourth-order valence-electron chi connectivity index (χ4n) is 3.79. The van der Waals surface area contributed by atoms with Gasteiger partial charge in [0.2, 0.25) is 0 Å². The van der Waals surface area contributed by atoms with Crippen LogP contribution in [0.2, 0.25) is 0 Å². The lowest BCUT2D eigenvalue weighted by atomic mass is 9.92. The summed E-state index contributed by atoms with van der Waals surface area (Å²) in [6.07, 6.45) is 6.79. The van der Waals surface area contributed by atoms with Crippen LogP contribution in [-0.2, 0) is 0 Å². The molecule has 0 atom stereocenters. The van der Waals surface area contributed by atoms with Crippen LogP contribution < -0.4 is 30.8 Å². The number of hydrogen-bond donors (Lipinski definition) is 3. The van der Waals surface area contributed by atoms with Gasteiger partial charge in [0.1, 0.15) is 23.0 Å². The van der Waals surface area contributed by atoms with E-state index in [1.165, 1.54) is 43.6 Å². The van der Waals surface area contributed by atoms with E-state index in [1.807, 2.05) is 12.2 Å². The molecule has 0 radical (unpaired) electrons. The number of carbonyl (C=O) groups excluding carboxylic acids is 1. The lowest BCUT2D eigenvalue weighted by Crippen LogP contribution is -2.43. The summed E-state index contributed by atoms with van der Waals surface area (Å²) in [7, 11) is 1.46. The van der Waals surface area contributed by atoms with Crippen molar-refractivity contribution < 1.29 is 27.8 Å². The van der Waals surface area contributed by atoms with E-state index in [1.54, 1.807) is 4.90 Å². The number of methoxy groups -OCH3 is 1. The SMILES string of the molecule is COc1cc(C(=O)N2CCC(C3=CC=C(N)NN3)CC2)ncc1Oc1ccc(OC(F)F)cc1. The van der Waals surface area contributed by atoms with Crippen LogP contribution in [0, 0.1) is 5.92 Å². The van der Waals surface area contributed by atoms with Crippen LogP contribution in [0.3, 0.4) is 0 Å². The second-order valence-corrected chi connectivity index (χ2v) is 7.73. The molecule has 0 saturated carbocycles. The molecule has 2 aliphatic heterocycles. The zero-order chi connectivity index (χ0) is 24.1. The Morgan fingerprint density at radius 3 is 2.44 bits per heavy atom. The van der Waals surface area contributed by atoms with Crippen LogP contribution in [0.25, 0.3) is 0 Å². The quantitative estimate of drug-likeness (QED) is 0.563. The monoisotopic (exact) mass is 473 g/mol. The average Bonchev–Trinajstić information content (AvgIpc) is 2.85. The van der Waals surface area contributed by atoms with Gasteiger partial charge in [-0.3, -0.25) is 10.2 Å². The van der Waals surface area contributed by atoms with E-state index < -0.39 is 6.61 Å². The second kappa shape index (κ2) is 10.3. The van der Waals surface area contributed by atoms with Crippen LogP contribution in [0.15, 0.2) is 60.2 Å². The number of ether oxygens (including phenoxy) is 3. The van der Waals surface area contributed by atoms with E-state index in [4.69, 9.17) is 15.2 Å². The van der Waals surface area contributed by atoms with Crippen LogP contribution in [-0.4, -0.2) is 42.6 Å². The number of piperidine rings is 1. The van der Waals surface area contributed by atoms with E-state index >= 15 is 0 Å². The lowest BCUT2D eigenvalue weighted by molar-refractivity contribution is -0.0498. The molecular formula is C23H25F2N5O4. The summed E-state index contributed by atoms with van der Waals surface area (Å²) in [4.78, 5) is 19.0. The van der Waals surface area contributed by atoms with E-state index in [-0.39, 0.29) is 23.1 Å². The van der Waals surface area contributed by atoms with E-state index in [2.05, 4.69) is 20.6 Å². The van der Waals surface area contributed by atoms with Gasteiger partial charge in [0.05, 0.1) is 13.3 Å². The van der Waals surface area contributed by atoms with Crippen molar-refractivity contribution in [3.8, 4) is 23.0 Å². The number of aromatic nitrogens is 1. The Morgan fingerprint density at radius 1 is 1.12 bits per heavy atom. The van der Waals surface area contributed by atoms with Crippen molar-refractivity contribution in [3.63, 3.8) is 0 Å². The maximum Gasteiger partial charge on any atom is 0.387 e. The number of alkyl halides is 2. The summed E-state index contributed by atoms with van der Waals surface area (Å²) in [6.45, 7) is -1.71. The van der Waals surface area contributed by atoms with Gasteiger partial charge in [0, 0.05) is 30.8 Å². The van der Waals surface area contributed by atoms with Crippen LogP contribution in [0.5, 0.6) is 23.0 Å². The first-order valence-corrected chi connectivity index (χ1v) is 10.7. The molecule has 2 aromatic rings. The summed E-state index contributed by atoms with van der Waals surface area (Å²) in [5.74, 6) is 1.68. The molecular weight excluding hydrogens is 448 g/mol. The van der Waals surface area contributed by atoms with Crippen molar-refractivity contribution in [1.29, 1.82) is 0 Å². The van der Waals surface area contributed by atoms with Crippen LogP contribution in [0.1, 0.15) is 23.3 Å². The number of amides is 1. The number of nitrogens with two attached hydrogens (primary N) is 1. The Morgan fingerprint density at radius 2 is 1.82 bits per heavy atom. The number of nitrogens with zero attached hydrogens (tertiary/aromatic N) is 2. The summed E-state index contributed by atoms with van der Waals surface area (Å²) in [5, 5.41) is 0. The Hall–Kier alpha value is -4.02. The minimum Gasteiger partial charge on any atom is -0.493 e. The third-order valence-corrected chi connectivity index (χ3v) is 5.56. The number of carbonyl (C=O) groups is 1. The van der Waals surface area contributed by atoms with Gasteiger partial charge < -0.3 is 30.3 Å². The third kappa shape index (κ3) is 5.48. The van der Waals surface area contributed by atoms with Gasteiger partial charge >= 0.3 is 6.61 Å². The molecule has 3 heterocycles. The number of halogens is 2. The minimum atomic E-state index is -2.90. The number of rotatable bonds is 7. The summed E-state index contributed by atoms with van der Waals surface area (Å²) < 4.78 is 40.0. The molecule has 0 unspecified atom stereocenters. The van der Waals surface area contributed by atoms with Gasteiger partial charge in [-0.15, -0.1) is 0 Å². The number of hydrogen-bond acceptors (Lipinski definition) is 8. The summed E-state index contributed by atoms with van der Waals surface area (Å²) in [5.41, 5.74) is 13.0. The summed E-state index contributed by atoms with van der Waals surface area (Å²) >= 11 is 0. The van der Waals surface area contributed by atoms with Gasteiger partial charge in [0.15, 0.2) is 11.5 Å². The number of hydrazine groups is 1. The van der Waals surface area contributed by atoms with Crippen LogP contribution in [0.4, 0.5) is 8.78 Å². The zero-order valence-electron chi connectivity index (χ0n) is 18.5. The third-order valence-electron chi connectivity index (χ3n) is 5.56. The average molecular weight is 473 g/mol. The van der Waals surface area contributed by atoms with Gasteiger partial charge in [-0.2, -0.15) is 8.78 Å². The first kappa shape index (κ1) is 23.1. The Balaban J connectivity index is 1.39. The molecule has 0 aliphatic carbocycles. The summed E-state index contributed by atoms with van der Waals surface area (Å²) in [6, 6.07) is 7.22. The van der Waals surface area contributed by atoms with Gasteiger partial charge in [-0.25, -0.2) is 4.98 Å². The first-order valence-electron chi connectivity index (χ1n) is 10.7. The molecule has 1 saturated heterocycles. The normalized spacial score (nSPS) is 16.2. The second-order valence-electron chi connectivity index (χ2n) is 7.73. The standard InChI is InChI=1S/C23H25F2N5O4/c1-32-19-12-18(27-13-20(19)33-15-2-4-16(5-3-15)34-23(24)25)22(31)30-10-8-14(9-11-30)17-6-7-21(26)29-28-17/h2-7,12-14,23,28-29H,8-11,26H2,1H3. The van der Waals surface area contributed by atoms with E-state index in [9.17, 15) is 13.6 Å². The Bertz CT molecular complexity index is 1080. The molecule has 9 nitrogen and oxygen atoms in total. The van der Waals surface area contributed by atoms with Crippen molar-refractivity contribution in [2.24, 2.45) is 11.7 Å². The number of pyridine rings is 1. The highest BCUT2D eigenvalue weighted by molar-refractivity contribution is 5.93. The molecule has 0 bridgehead atoms. The fraction of sp³-hybridized carbons (Fsp3) is 0.304. The highest BCUT2D eigenvalue weighted by Crippen LogP contribution is 2.33. The van der Waals surface area contributed by atoms with Crippen molar-refractivity contribution in [3.05, 3.63) is 65.9 Å². The topological polar surface area (TPSA) is 111 Å². The molecule has 1 aromatic carbocycles. The minimum absolute atomic E-state index is 0.0181. The maximum absolute atomic E-state index is 13.0. The highest BCUT2D eigenvalue weighted by Gasteiger charge is 2.27. The number of allylic oxidation sites excluding steroid dienone is 3. The first-order chi connectivity index (χ1) is 16.4. The molecule has 180 valence electrons. The van der Waals surface area contributed by atoms with Crippen molar-refractivity contribution >= 4 is 5.91 Å². The molecule has 4 N–H and O–H groups in total. The van der Waals surface area contributed by atoms with E-state index in [0.717, 1.165) is 18.5 Å². The molecule has 1 fully saturated rings. The molecule has 4 rings (SSSR count). The maximum atomic E-state index is 13.0.